The number of aromatic hydroxyl groups is 1. The molecule has 0 spiro atoms. The van der Waals surface area contributed by atoms with E-state index in [4.69, 9.17) is 4.74 Å². The lowest BCUT2D eigenvalue weighted by molar-refractivity contribution is -0.117. The first-order valence-electron chi connectivity index (χ1n) is 8.29. The number of ketones is 2. The lowest BCUT2D eigenvalue weighted by Gasteiger charge is -2.34. The van der Waals surface area contributed by atoms with Crippen molar-refractivity contribution in [3.05, 3.63) is 46.4 Å². The molecule has 124 valence electrons. The molecule has 0 fully saturated rings. The van der Waals surface area contributed by atoms with Gasteiger partial charge in [-0.2, -0.15) is 0 Å². The first kappa shape index (κ1) is 15.0. The molecule has 2 aliphatic carbocycles. The standard InChI is InChI=1S/C19H18O5/c20-11-5-2-6-12(21)17(11)16-10-4-1-8-14(23)19(10)24-15-9-3-7-13(22)18(15)16/h1,4,8,16,20,23H,2-3,5-7,9H2. The van der Waals surface area contributed by atoms with Gasteiger partial charge in [0.25, 0.3) is 0 Å². The van der Waals surface area contributed by atoms with Crippen LogP contribution in [0.3, 0.4) is 0 Å². The fourth-order valence-corrected chi connectivity index (χ4v) is 3.90. The molecule has 1 heterocycles. The van der Waals surface area contributed by atoms with Crippen molar-refractivity contribution >= 4 is 11.6 Å². The third kappa shape index (κ3) is 2.15. The molecule has 0 amide bonds. The normalized spacial score (nSPS) is 23.8. The average Bonchev–Trinajstić information content (AvgIpc) is 2.55. The number of phenolic OH excluding ortho intramolecular Hbond substituents is 1. The Morgan fingerprint density at radius 2 is 1.62 bits per heavy atom. The Balaban J connectivity index is 1.98. The molecule has 24 heavy (non-hydrogen) atoms. The summed E-state index contributed by atoms with van der Waals surface area (Å²) in [6.45, 7) is 0. The summed E-state index contributed by atoms with van der Waals surface area (Å²) in [5.74, 6) is 0.0113. The summed E-state index contributed by atoms with van der Waals surface area (Å²) in [5, 5.41) is 20.5. The molecule has 1 aromatic carbocycles. The van der Waals surface area contributed by atoms with E-state index >= 15 is 0 Å². The van der Waals surface area contributed by atoms with Gasteiger partial charge in [0.05, 0.1) is 11.7 Å². The largest absolute Gasteiger partial charge is 0.512 e. The SMILES string of the molecule is O=C1CCCC(O)=C1C1C2=C(CCCC2=O)Oc2c(O)cccc21. The van der Waals surface area contributed by atoms with Crippen molar-refractivity contribution in [1.82, 2.24) is 0 Å². The molecule has 0 radical (unpaired) electrons. The monoisotopic (exact) mass is 326 g/mol. The van der Waals surface area contributed by atoms with E-state index in [0.717, 1.165) is 0 Å². The maximum atomic E-state index is 12.6. The highest BCUT2D eigenvalue weighted by molar-refractivity contribution is 6.05. The van der Waals surface area contributed by atoms with Crippen LogP contribution < -0.4 is 4.74 Å². The lowest BCUT2D eigenvalue weighted by Crippen LogP contribution is -2.29. The van der Waals surface area contributed by atoms with Crippen molar-refractivity contribution in [2.24, 2.45) is 0 Å². The van der Waals surface area contributed by atoms with Crippen molar-refractivity contribution < 1.29 is 24.5 Å². The molecular weight excluding hydrogens is 308 g/mol. The predicted octanol–water partition coefficient (Wildman–Crippen LogP) is 3.44. The second kappa shape index (κ2) is 5.51. The number of fused-ring (bicyclic) bond motifs is 1. The van der Waals surface area contributed by atoms with Gasteiger partial charge in [0.1, 0.15) is 5.76 Å². The summed E-state index contributed by atoms with van der Waals surface area (Å²) in [6.07, 6.45) is 3.10. The number of phenols is 1. The molecule has 0 saturated carbocycles. The lowest BCUT2D eigenvalue weighted by atomic mass is 9.73. The highest BCUT2D eigenvalue weighted by atomic mass is 16.5. The highest BCUT2D eigenvalue weighted by Crippen LogP contribution is 2.51. The van der Waals surface area contributed by atoms with E-state index in [-0.39, 0.29) is 28.8 Å². The molecule has 1 aliphatic heterocycles. The second-order valence-corrected chi connectivity index (χ2v) is 6.48. The number of hydrogen-bond donors (Lipinski definition) is 2. The fraction of sp³-hybridized carbons (Fsp3) is 0.368. The number of aliphatic hydroxyl groups excluding tert-OH is 1. The summed E-state index contributed by atoms with van der Waals surface area (Å²) in [6, 6.07) is 4.92. The molecule has 1 unspecified atom stereocenters. The Morgan fingerprint density at radius 3 is 2.38 bits per heavy atom. The summed E-state index contributed by atoms with van der Waals surface area (Å²) in [7, 11) is 0. The van der Waals surface area contributed by atoms with Crippen LogP contribution in [0.25, 0.3) is 0 Å². The van der Waals surface area contributed by atoms with Crippen LogP contribution in [0.15, 0.2) is 40.9 Å². The van der Waals surface area contributed by atoms with Gasteiger partial charge in [0.2, 0.25) is 0 Å². The van der Waals surface area contributed by atoms with E-state index in [2.05, 4.69) is 0 Å². The molecule has 0 saturated heterocycles. The zero-order valence-electron chi connectivity index (χ0n) is 13.2. The van der Waals surface area contributed by atoms with Crippen LogP contribution in [0.4, 0.5) is 0 Å². The zero-order valence-corrected chi connectivity index (χ0v) is 13.2. The summed E-state index contributed by atoms with van der Waals surface area (Å²) in [4.78, 5) is 25.1. The number of aliphatic hydroxyl groups is 1. The van der Waals surface area contributed by atoms with Crippen LogP contribution in [0.5, 0.6) is 11.5 Å². The van der Waals surface area contributed by atoms with E-state index in [0.29, 0.717) is 61.0 Å². The molecule has 3 aliphatic rings. The Kier molecular flexibility index (Phi) is 3.44. The van der Waals surface area contributed by atoms with Crippen molar-refractivity contribution in [3.8, 4) is 11.5 Å². The second-order valence-electron chi connectivity index (χ2n) is 6.48. The van der Waals surface area contributed by atoms with Crippen LogP contribution in [0.2, 0.25) is 0 Å². The fourth-order valence-electron chi connectivity index (χ4n) is 3.90. The van der Waals surface area contributed by atoms with E-state index in [1.165, 1.54) is 6.07 Å². The number of hydrogen-bond acceptors (Lipinski definition) is 5. The number of carbonyl (C=O) groups is 2. The molecule has 0 aromatic heterocycles. The van der Waals surface area contributed by atoms with Crippen LogP contribution in [-0.4, -0.2) is 21.8 Å². The third-order valence-electron chi connectivity index (χ3n) is 4.98. The van der Waals surface area contributed by atoms with Gasteiger partial charge >= 0.3 is 0 Å². The van der Waals surface area contributed by atoms with Gasteiger partial charge < -0.3 is 14.9 Å². The van der Waals surface area contributed by atoms with Gasteiger partial charge in [-0.3, -0.25) is 9.59 Å². The van der Waals surface area contributed by atoms with Crippen LogP contribution in [0, 0.1) is 0 Å². The quantitative estimate of drug-likeness (QED) is 0.826. The molecule has 4 rings (SSSR count). The van der Waals surface area contributed by atoms with Gasteiger partial charge in [-0.25, -0.2) is 0 Å². The molecular formula is C19H18O5. The minimum atomic E-state index is -0.642. The zero-order chi connectivity index (χ0) is 16.8. The molecule has 2 N–H and O–H groups in total. The van der Waals surface area contributed by atoms with Crippen molar-refractivity contribution in [3.63, 3.8) is 0 Å². The number of Topliss-reactive ketones (excluding diaryl/α,β-unsaturated/α-hetero) is 2. The van der Waals surface area contributed by atoms with E-state index < -0.39 is 5.92 Å². The van der Waals surface area contributed by atoms with E-state index in [9.17, 15) is 19.8 Å². The maximum Gasteiger partial charge on any atom is 0.172 e. The molecule has 5 heteroatoms. The van der Waals surface area contributed by atoms with Gasteiger partial charge in [-0.1, -0.05) is 12.1 Å². The van der Waals surface area contributed by atoms with Gasteiger partial charge in [-0.15, -0.1) is 0 Å². The number of para-hydroxylation sites is 1. The van der Waals surface area contributed by atoms with Crippen LogP contribution in [0.1, 0.15) is 50.0 Å². The van der Waals surface area contributed by atoms with Crippen molar-refractivity contribution in [2.45, 2.75) is 44.4 Å². The summed E-state index contributed by atoms with van der Waals surface area (Å²) in [5.41, 5.74) is 1.33. The Hall–Kier alpha value is -2.56. The summed E-state index contributed by atoms with van der Waals surface area (Å²) < 4.78 is 5.82. The van der Waals surface area contributed by atoms with Crippen molar-refractivity contribution in [2.75, 3.05) is 0 Å². The molecule has 5 nitrogen and oxygen atoms in total. The minimum absolute atomic E-state index is 0.0228. The topological polar surface area (TPSA) is 83.8 Å². The Morgan fingerprint density at radius 1 is 0.917 bits per heavy atom. The number of rotatable bonds is 1. The van der Waals surface area contributed by atoms with Gasteiger partial charge in [-0.05, 0) is 18.9 Å². The number of carbonyl (C=O) groups excluding carboxylic acids is 2. The third-order valence-corrected chi connectivity index (χ3v) is 4.98. The van der Waals surface area contributed by atoms with Gasteiger partial charge in [0.15, 0.2) is 23.1 Å². The number of benzene rings is 1. The Labute approximate surface area is 139 Å². The first-order chi connectivity index (χ1) is 11.6. The van der Waals surface area contributed by atoms with Crippen LogP contribution in [-0.2, 0) is 9.59 Å². The number of allylic oxidation sites excluding steroid dienone is 4. The van der Waals surface area contributed by atoms with E-state index in [1.54, 1.807) is 12.1 Å². The number of ether oxygens (including phenoxy) is 1. The molecule has 0 bridgehead atoms. The molecule has 1 aromatic rings. The Bertz CT molecular complexity index is 815. The molecule has 1 atom stereocenters. The van der Waals surface area contributed by atoms with Crippen molar-refractivity contribution in [1.29, 1.82) is 0 Å². The smallest absolute Gasteiger partial charge is 0.172 e. The predicted molar refractivity (Wildman–Crippen MR) is 85.9 cm³/mol. The van der Waals surface area contributed by atoms with E-state index in [1.807, 2.05) is 0 Å². The van der Waals surface area contributed by atoms with Crippen LogP contribution >= 0.6 is 0 Å². The highest BCUT2D eigenvalue weighted by Gasteiger charge is 2.42. The maximum absolute atomic E-state index is 12.6. The minimum Gasteiger partial charge on any atom is -0.512 e. The van der Waals surface area contributed by atoms with Gasteiger partial charge in [0, 0.05) is 42.4 Å². The average molecular weight is 326 g/mol. The first-order valence-corrected chi connectivity index (χ1v) is 8.29. The summed E-state index contributed by atoms with van der Waals surface area (Å²) >= 11 is 0.